The Balaban J connectivity index is 2.69. The summed E-state index contributed by atoms with van der Waals surface area (Å²) in [5, 5.41) is 2.57. The highest BCUT2D eigenvalue weighted by Gasteiger charge is 2.28. The molecule has 0 spiro atoms. The number of rotatable bonds is 9. The smallest absolute Gasteiger partial charge is 0.354 e. The van der Waals surface area contributed by atoms with Gasteiger partial charge < -0.3 is 19.9 Å². The van der Waals surface area contributed by atoms with E-state index in [0.717, 1.165) is 5.56 Å². The molecule has 0 saturated carbocycles. The third-order valence-electron chi connectivity index (χ3n) is 3.13. The Kier molecular flexibility index (Phi) is 8.38. The highest BCUT2D eigenvalue weighted by Crippen LogP contribution is 2.38. The molecule has 8 nitrogen and oxygen atoms in total. The van der Waals surface area contributed by atoms with Gasteiger partial charge >= 0.3 is 13.9 Å². The van der Waals surface area contributed by atoms with E-state index in [1.165, 1.54) is 6.92 Å². The van der Waals surface area contributed by atoms with Crippen LogP contribution in [-0.4, -0.2) is 34.6 Å². The standard InChI is InChI=1S/C15H25N2O6P/c1-11(2)10-16-22-15(18)17-14(12(3)23-24(19,20)21)9-13-7-5-4-6-8-13/h4-8,11-12,14,16H,9-10H2,1-3H3,(H,17,18)(H2,19,20,21). The number of hydrogen-bond donors (Lipinski definition) is 4. The third kappa shape index (κ3) is 9.00. The molecule has 0 heterocycles. The van der Waals surface area contributed by atoms with Crippen LogP contribution in [0.25, 0.3) is 0 Å². The van der Waals surface area contributed by atoms with Crippen molar-refractivity contribution < 1.29 is 28.5 Å². The zero-order valence-corrected chi connectivity index (χ0v) is 14.9. The van der Waals surface area contributed by atoms with Gasteiger partial charge in [0.25, 0.3) is 0 Å². The molecule has 1 aromatic rings. The van der Waals surface area contributed by atoms with Gasteiger partial charge in [-0.05, 0) is 24.8 Å². The predicted molar refractivity (Wildman–Crippen MR) is 89.0 cm³/mol. The Morgan fingerprint density at radius 1 is 1.21 bits per heavy atom. The molecule has 0 aromatic heterocycles. The number of phosphoric acid groups is 1. The maximum Gasteiger partial charge on any atom is 0.469 e. The van der Waals surface area contributed by atoms with E-state index in [9.17, 15) is 9.36 Å². The van der Waals surface area contributed by atoms with Gasteiger partial charge in [-0.3, -0.25) is 4.52 Å². The fourth-order valence-corrected chi connectivity index (χ4v) is 2.53. The summed E-state index contributed by atoms with van der Waals surface area (Å²) >= 11 is 0. The van der Waals surface area contributed by atoms with Crippen LogP contribution >= 0.6 is 7.82 Å². The molecule has 136 valence electrons. The van der Waals surface area contributed by atoms with E-state index in [1.807, 2.05) is 44.2 Å². The summed E-state index contributed by atoms with van der Waals surface area (Å²) in [4.78, 5) is 34.6. The fraction of sp³-hybridized carbons (Fsp3) is 0.533. The van der Waals surface area contributed by atoms with E-state index in [-0.39, 0.29) is 0 Å². The molecule has 2 atom stereocenters. The Bertz CT molecular complexity index is 548. The molecular formula is C15H25N2O6P. The zero-order chi connectivity index (χ0) is 18.2. The lowest BCUT2D eigenvalue weighted by molar-refractivity contribution is 0.0679. The topological polar surface area (TPSA) is 117 Å². The molecule has 2 unspecified atom stereocenters. The number of carbonyl (C=O) groups is 1. The van der Waals surface area contributed by atoms with E-state index in [0.29, 0.717) is 18.9 Å². The Morgan fingerprint density at radius 2 is 1.83 bits per heavy atom. The van der Waals surface area contributed by atoms with Gasteiger partial charge in [0.2, 0.25) is 0 Å². The summed E-state index contributed by atoms with van der Waals surface area (Å²) in [5.41, 5.74) is 3.42. The van der Waals surface area contributed by atoms with Crippen molar-refractivity contribution in [3.8, 4) is 0 Å². The number of carbonyl (C=O) groups excluding carboxylic acids is 1. The second kappa shape index (κ2) is 9.76. The minimum absolute atomic E-state index is 0.301. The lowest BCUT2D eigenvalue weighted by Crippen LogP contribution is -2.46. The molecule has 1 amide bonds. The Morgan fingerprint density at radius 3 is 2.38 bits per heavy atom. The molecule has 24 heavy (non-hydrogen) atoms. The van der Waals surface area contributed by atoms with Gasteiger partial charge in [0.15, 0.2) is 0 Å². The highest BCUT2D eigenvalue weighted by molar-refractivity contribution is 7.46. The van der Waals surface area contributed by atoms with Crippen molar-refractivity contribution in [3.05, 3.63) is 35.9 Å². The van der Waals surface area contributed by atoms with Crippen LogP contribution in [0.3, 0.4) is 0 Å². The summed E-state index contributed by atoms with van der Waals surface area (Å²) in [6.45, 7) is 5.89. The maximum absolute atomic E-state index is 11.8. The van der Waals surface area contributed by atoms with Gasteiger partial charge in [-0.1, -0.05) is 44.2 Å². The molecule has 1 aromatic carbocycles. The highest BCUT2D eigenvalue weighted by atomic mass is 31.2. The molecule has 0 aliphatic rings. The van der Waals surface area contributed by atoms with Crippen LogP contribution in [0.5, 0.6) is 0 Å². The molecule has 0 aliphatic heterocycles. The summed E-state index contributed by atoms with van der Waals surface area (Å²) < 4.78 is 15.7. The van der Waals surface area contributed by atoms with Crippen molar-refractivity contribution in [1.29, 1.82) is 0 Å². The number of nitrogens with one attached hydrogen (secondary N) is 2. The first-order valence-corrected chi connectivity index (χ1v) is 9.18. The average Bonchev–Trinajstić information content (AvgIpc) is 2.45. The van der Waals surface area contributed by atoms with Crippen molar-refractivity contribution in [1.82, 2.24) is 10.8 Å². The minimum atomic E-state index is -4.67. The van der Waals surface area contributed by atoms with Crippen molar-refractivity contribution in [2.24, 2.45) is 5.92 Å². The predicted octanol–water partition coefficient (Wildman–Crippen LogP) is 1.98. The summed E-state index contributed by atoms with van der Waals surface area (Å²) in [5.74, 6) is 0.301. The minimum Gasteiger partial charge on any atom is -0.354 e. The van der Waals surface area contributed by atoms with Gasteiger partial charge in [-0.2, -0.15) is 5.48 Å². The van der Waals surface area contributed by atoms with Crippen molar-refractivity contribution in [2.75, 3.05) is 6.54 Å². The Labute approximate surface area is 141 Å². The van der Waals surface area contributed by atoms with Crippen LogP contribution in [0, 0.1) is 5.92 Å². The molecule has 0 radical (unpaired) electrons. The first kappa shape index (κ1) is 20.6. The molecule has 1 rings (SSSR count). The number of phosphoric ester groups is 1. The SMILES string of the molecule is CC(C)CNOC(=O)NC(Cc1ccccc1)C(C)OP(=O)(O)O. The summed E-state index contributed by atoms with van der Waals surface area (Å²) in [6.07, 6.45) is -1.32. The number of hydrogen-bond acceptors (Lipinski definition) is 5. The Hall–Kier alpha value is -1.44. The first-order chi connectivity index (χ1) is 11.2. The average molecular weight is 360 g/mol. The quantitative estimate of drug-likeness (QED) is 0.393. The third-order valence-corrected chi connectivity index (χ3v) is 3.74. The van der Waals surface area contributed by atoms with Gasteiger partial charge in [0.1, 0.15) is 0 Å². The van der Waals surface area contributed by atoms with Gasteiger partial charge in [0, 0.05) is 6.54 Å². The van der Waals surface area contributed by atoms with Crippen LogP contribution in [0.1, 0.15) is 26.3 Å². The largest absolute Gasteiger partial charge is 0.469 e. The van der Waals surface area contributed by atoms with E-state index < -0.39 is 26.1 Å². The zero-order valence-electron chi connectivity index (χ0n) is 14.0. The van der Waals surface area contributed by atoms with E-state index in [4.69, 9.17) is 19.1 Å². The van der Waals surface area contributed by atoms with Crippen molar-refractivity contribution in [3.63, 3.8) is 0 Å². The maximum atomic E-state index is 11.8. The van der Waals surface area contributed by atoms with Crippen molar-refractivity contribution in [2.45, 2.75) is 39.3 Å². The van der Waals surface area contributed by atoms with Crippen LogP contribution in [0.15, 0.2) is 30.3 Å². The molecular weight excluding hydrogens is 335 g/mol. The van der Waals surface area contributed by atoms with Crippen LogP contribution in [0.2, 0.25) is 0 Å². The molecule has 4 N–H and O–H groups in total. The van der Waals surface area contributed by atoms with Crippen molar-refractivity contribution >= 4 is 13.9 Å². The summed E-state index contributed by atoms with van der Waals surface area (Å²) in [7, 11) is -4.67. The molecule has 0 saturated heterocycles. The van der Waals surface area contributed by atoms with Gasteiger partial charge in [0.05, 0.1) is 12.1 Å². The second-order valence-electron chi connectivity index (χ2n) is 5.87. The summed E-state index contributed by atoms with van der Waals surface area (Å²) in [6, 6.07) is 8.55. The number of amides is 1. The molecule has 9 heteroatoms. The number of benzene rings is 1. The van der Waals surface area contributed by atoms with Crippen LogP contribution < -0.4 is 10.8 Å². The van der Waals surface area contributed by atoms with Gasteiger partial charge in [-0.15, -0.1) is 0 Å². The molecule has 0 aliphatic carbocycles. The fourth-order valence-electron chi connectivity index (χ4n) is 1.95. The van der Waals surface area contributed by atoms with Gasteiger partial charge in [-0.25, -0.2) is 9.36 Å². The first-order valence-electron chi connectivity index (χ1n) is 7.65. The lowest BCUT2D eigenvalue weighted by Gasteiger charge is -2.25. The van der Waals surface area contributed by atoms with Crippen LogP contribution in [0.4, 0.5) is 4.79 Å². The second-order valence-corrected chi connectivity index (χ2v) is 7.07. The van der Waals surface area contributed by atoms with Crippen LogP contribution in [-0.2, 0) is 20.3 Å². The van der Waals surface area contributed by atoms with E-state index >= 15 is 0 Å². The van der Waals surface area contributed by atoms with E-state index in [2.05, 4.69) is 10.8 Å². The number of hydroxylamine groups is 1. The normalized spacial score (nSPS) is 14.2. The lowest BCUT2D eigenvalue weighted by atomic mass is 10.0. The monoisotopic (exact) mass is 360 g/mol. The molecule has 0 bridgehead atoms. The van der Waals surface area contributed by atoms with E-state index in [1.54, 1.807) is 0 Å². The molecule has 0 fully saturated rings.